The summed E-state index contributed by atoms with van der Waals surface area (Å²) in [5, 5.41) is 14.7. The molecule has 0 radical (unpaired) electrons. The number of aryl methyl sites for hydroxylation is 2. The lowest BCUT2D eigenvalue weighted by molar-refractivity contribution is -0.117. The molecule has 0 aromatic carbocycles. The van der Waals surface area contributed by atoms with Crippen molar-refractivity contribution >= 4 is 50.8 Å². The van der Waals surface area contributed by atoms with Crippen LogP contribution >= 0.6 is 34.0 Å². The summed E-state index contributed by atoms with van der Waals surface area (Å²) in [5.41, 5.74) is 0.950. The van der Waals surface area contributed by atoms with Gasteiger partial charge in [0.2, 0.25) is 5.78 Å². The van der Waals surface area contributed by atoms with Crippen LogP contribution in [0.2, 0.25) is 0 Å². The van der Waals surface area contributed by atoms with Gasteiger partial charge in [0.05, 0.1) is 16.1 Å². The minimum absolute atomic E-state index is 0.116. The molecule has 3 aromatic rings. The summed E-state index contributed by atoms with van der Waals surface area (Å²) in [6.45, 7) is 3.81. The van der Waals surface area contributed by atoms with E-state index in [1.165, 1.54) is 38.9 Å². The molecule has 1 aliphatic heterocycles. The number of aromatic nitrogens is 1. The largest absolute Gasteiger partial charge is 0.503 e. The molecule has 1 N–H and O–H groups in total. The van der Waals surface area contributed by atoms with Gasteiger partial charge in [-0.05, 0) is 36.7 Å². The maximum atomic E-state index is 13.0. The molecule has 4 heterocycles. The monoisotopic (exact) mass is 402 g/mol. The number of hydrogen-bond acceptors (Lipinski definition) is 7. The van der Waals surface area contributed by atoms with Gasteiger partial charge in [0.1, 0.15) is 6.04 Å². The van der Waals surface area contributed by atoms with E-state index in [1.54, 1.807) is 17.5 Å². The van der Waals surface area contributed by atoms with Crippen molar-refractivity contribution in [2.24, 2.45) is 0 Å². The molecular formula is C18H14N2O3S3. The van der Waals surface area contributed by atoms with Crippen molar-refractivity contribution in [1.29, 1.82) is 0 Å². The quantitative estimate of drug-likeness (QED) is 0.644. The molecule has 1 aliphatic rings. The fourth-order valence-electron chi connectivity index (χ4n) is 2.85. The van der Waals surface area contributed by atoms with Gasteiger partial charge in [-0.25, -0.2) is 4.98 Å². The third-order valence-electron chi connectivity index (χ3n) is 4.23. The smallest absolute Gasteiger partial charge is 0.296 e. The van der Waals surface area contributed by atoms with E-state index in [2.05, 4.69) is 4.98 Å². The average molecular weight is 403 g/mol. The number of carbonyl (C=O) groups excluding carboxylic acids is 2. The highest BCUT2D eigenvalue weighted by atomic mass is 32.1. The molecule has 1 atom stereocenters. The number of anilines is 1. The Morgan fingerprint density at radius 1 is 1.19 bits per heavy atom. The third-order valence-corrected chi connectivity index (χ3v) is 7.10. The van der Waals surface area contributed by atoms with E-state index in [0.717, 1.165) is 15.4 Å². The van der Waals surface area contributed by atoms with Crippen LogP contribution in [0.25, 0.3) is 0 Å². The van der Waals surface area contributed by atoms with Crippen molar-refractivity contribution in [2.45, 2.75) is 19.9 Å². The minimum Gasteiger partial charge on any atom is -0.503 e. The molecule has 3 aromatic heterocycles. The highest BCUT2D eigenvalue weighted by Gasteiger charge is 2.46. The van der Waals surface area contributed by atoms with Crippen molar-refractivity contribution in [2.75, 3.05) is 4.90 Å². The fourth-order valence-corrected chi connectivity index (χ4v) is 5.29. The number of nitrogens with zero attached hydrogens (tertiary/aromatic N) is 2. The molecule has 0 saturated heterocycles. The summed E-state index contributed by atoms with van der Waals surface area (Å²) in [7, 11) is 0. The Kier molecular flexibility index (Phi) is 4.26. The van der Waals surface area contributed by atoms with Gasteiger partial charge in [0.25, 0.3) is 5.91 Å². The molecule has 132 valence electrons. The summed E-state index contributed by atoms with van der Waals surface area (Å²) >= 11 is 4.11. The number of Topliss-reactive ketones (excluding diaryl/α,β-unsaturated/α-hetero) is 1. The van der Waals surface area contributed by atoms with Crippen LogP contribution in [0.1, 0.15) is 31.2 Å². The number of hydrogen-bond donors (Lipinski definition) is 1. The first kappa shape index (κ1) is 17.1. The zero-order chi connectivity index (χ0) is 18.4. The lowest BCUT2D eigenvalue weighted by atomic mass is 10.0. The van der Waals surface area contributed by atoms with E-state index in [9.17, 15) is 14.7 Å². The molecule has 0 aliphatic carbocycles. The maximum Gasteiger partial charge on any atom is 0.296 e. The number of carbonyl (C=O) groups is 2. The Morgan fingerprint density at radius 3 is 2.50 bits per heavy atom. The second-order valence-corrected chi connectivity index (χ2v) is 8.91. The summed E-state index contributed by atoms with van der Waals surface area (Å²) in [5.74, 6) is -1.40. The second-order valence-electron chi connectivity index (χ2n) is 5.80. The molecule has 0 saturated carbocycles. The van der Waals surface area contributed by atoms with E-state index < -0.39 is 17.7 Å². The van der Waals surface area contributed by atoms with E-state index in [0.29, 0.717) is 10.0 Å². The van der Waals surface area contributed by atoms with Gasteiger partial charge in [-0.1, -0.05) is 12.1 Å². The van der Waals surface area contributed by atoms with Crippen molar-refractivity contribution in [3.8, 4) is 0 Å². The van der Waals surface area contributed by atoms with Crippen molar-refractivity contribution in [3.63, 3.8) is 0 Å². The van der Waals surface area contributed by atoms with Gasteiger partial charge in [0, 0.05) is 9.75 Å². The Balaban J connectivity index is 1.87. The second kappa shape index (κ2) is 6.46. The SMILES string of the molecule is Cc1nc(N2C(=O)C(O)=C(C(=O)c3cccs3)[C@@H]2c2cccs2)sc1C. The number of aliphatic hydroxyl groups is 1. The lowest BCUT2D eigenvalue weighted by Crippen LogP contribution is -2.30. The Labute approximate surface area is 161 Å². The van der Waals surface area contributed by atoms with Gasteiger partial charge in [-0.15, -0.1) is 34.0 Å². The summed E-state index contributed by atoms with van der Waals surface area (Å²) in [4.78, 5) is 34.1. The average Bonchev–Trinajstić information content (AvgIpc) is 3.38. The van der Waals surface area contributed by atoms with Crippen LogP contribution in [0.3, 0.4) is 0 Å². The van der Waals surface area contributed by atoms with Gasteiger partial charge in [0.15, 0.2) is 10.9 Å². The topological polar surface area (TPSA) is 70.5 Å². The van der Waals surface area contributed by atoms with E-state index in [4.69, 9.17) is 0 Å². The number of ketones is 1. The molecular weight excluding hydrogens is 388 g/mol. The predicted octanol–water partition coefficient (Wildman–Crippen LogP) is 4.67. The zero-order valence-electron chi connectivity index (χ0n) is 13.9. The van der Waals surface area contributed by atoms with Crippen LogP contribution in [-0.2, 0) is 4.79 Å². The normalized spacial score (nSPS) is 17.4. The van der Waals surface area contributed by atoms with Crippen molar-refractivity contribution < 1.29 is 14.7 Å². The van der Waals surface area contributed by atoms with E-state index >= 15 is 0 Å². The highest BCUT2D eigenvalue weighted by Crippen LogP contribution is 2.44. The molecule has 0 bridgehead atoms. The minimum atomic E-state index is -0.665. The lowest BCUT2D eigenvalue weighted by Gasteiger charge is -2.22. The van der Waals surface area contributed by atoms with Crippen LogP contribution in [0.5, 0.6) is 0 Å². The molecule has 0 fully saturated rings. The molecule has 8 heteroatoms. The van der Waals surface area contributed by atoms with Gasteiger partial charge in [-0.2, -0.15) is 0 Å². The Hall–Kier alpha value is -2.29. The van der Waals surface area contributed by atoms with E-state index in [1.807, 2.05) is 31.4 Å². The van der Waals surface area contributed by atoms with E-state index in [-0.39, 0.29) is 11.4 Å². The van der Waals surface area contributed by atoms with Crippen molar-refractivity contribution in [1.82, 2.24) is 4.98 Å². The third kappa shape index (κ3) is 2.61. The zero-order valence-corrected chi connectivity index (χ0v) is 16.4. The number of rotatable bonds is 4. The van der Waals surface area contributed by atoms with Crippen LogP contribution in [-0.4, -0.2) is 21.8 Å². The number of thiazole rings is 1. The van der Waals surface area contributed by atoms with Crippen LogP contribution in [0.15, 0.2) is 46.4 Å². The fraction of sp³-hybridized carbons (Fsp3) is 0.167. The number of amides is 1. The van der Waals surface area contributed by atoms with Gasteiger partial charge < -0.3 is 5.11 Å². The van der Waals surface area contributed by atoms with Crippen LogP contribution in [0, 0.1) is 13.8 Å². The first-order valence-corrected chi connectivity index (χ1v) is 10.4. The Morgan fingerprint density at radius 2 is 1.92 bits per heavy atom. The summed E-state index contributed by atoms with van der Waals surface area (Å²) < 4.78 is 0. The van der Waals surface area contributed by atoms with Crippen LogP contribution < -0.4 is 4.90 Å². The molecule has 5 nitrogen and oxygen atoms in total. The summed E-state index contributed by atoms with van der Waals surface area (Å²) in [6, 6.07) is 6.54. The van der Waals surface area contributed by atoms with Gasteiger partial charge >= 0.3 is 0 Å². The molecule has 26 heavy (non-hydrogen) atoms. The highest BCUT2D eigenvalue weighted by molar-refractivity contribution is 7.16. The van der Waals surface area contributed by atoms with Gasteiger partial charge in [-0.3, -0.25) is 14.5 Å². The van der Waals surface area contributed by atoms with Crippen molar-refractivity contribution in [3.05, 3.63) is 66.7 Å². The summed E-state index contributed by atoms with van der Waals surface area (Å²) in [6.07, 6.45) is 0. The molecule has 0 unspecified atom stereocenters. The first-order chi connectivity index (χ1) is 12.5. The number of aliphatic hydroxyl groups excluding tert-OH is 1. The standard InChI is InChI=1S/C18H14N2O3S3/c1-9-10(2)26-18(19-9)20-14(11-5-3-7-24-11)13(16(22)17(20)23)15(21)12-6-4-8-25-12/h3-8,14,22H,1-2H3/t14-/m0/s1. The first-order valence-electron chi connectivity index (χ1n) is 7.81. The number of thiophene rings is 2. The molecule has 4 rings (SSSR count). The molecule has 1 amide bonds. The maximum absolute atomic E-state index is 13.0. The predicted molar refractivity (Wildman–Crippen MR) is 104 cm³/mol. The molecule has 0 spiro atoms. The Bertz CT molecular complexity index is 997. The van der Waals surface area contributed by atoms with Crippen LogP contribution in [0.4, 0.5) is 5.13 Å².